The van der Waals surface area contributed by atoms with Gasteiger partial charge in [0.1, 0.15) is 0 Å². The molecule has 0 saturated heterocycles. The van der Waals surface area contributed by atoms with Crippen LogP contribution >= 0.6 is 0 Å². The van der Waals surface area contributed by atoms with E-state index in [0.717, 1.165) is 22.4 Å². The standard InChI is InChI=1S/C26H24N2/c1-26(2,3)18-8-10-19(11-9-18)28-23-15-7-17-4-12-20-22(27)14-6-16-5-13-21(23)25(17)24(16)20/h4-15,28H,27H2,1-3H3. The van der Waals surface area contributed by atoms with E-state index in [-0.39, 0.29) is 5.41 Å². The van der Waals surface area contributed by atoms with E-state index >= 15 is 0 Å². The molecule has 0 aliphatic carbocycles. The summed E-state index contributed by atoms with van der Waals surface area (Å²) in [4.78, 5) is 0. The number of nitrogen functional groups attached to an aromatic ring is 1. The highest BCUT2D eigenvalue weighted by Crippen LogP contribution is 2.40. The van der Waals surface area contributed by atoms with Gasteiger partial charge in [-0.25, -0.2) is 0 Å². The second kappa shape index (κ2) is 5.87. The topological polar surface area (TPSA) is 38.0 Å². The molecule has 138 valence electrons. The van der Waals surface area contributed by atoms with Crippen LogP contribution < -0.4 is 11.1 Å². The van der Waals surface area contributed by atoms with E-state index in [1.165, 1.54) is 32.5 Å². The second-order valence-corrected chi connectivity index (χ2v) is 8.64. The van der Waals surface area contributed by atoms with Crippen molar-refractivity contribution in [3.8, 4) is 0 Å². The zero-order valence-electron chi connectivity index (χ0n) is 16.5. The minimum absolute atomic E-state index is 0.158. The summed E-state index contributed by atoms with van der Waals surface area (Å²) in [5, 5.41) is 11.0. The van der Waals surface area contributed by atoms with E-state index in [4.69, 9.17) is 5.73 Å². The Bertz CT molecular complexity index is 1310. The number of hydrogen-bond acceptors (Lipinski definition) is 2. The van der Waals surface area contributed by atoms with Crippen molar-refractivity contribution in [1.82, 2.24) is 0 Å². The highest BCUT2D eigenvalue weighted by Gasteiger charge is 2.14. The molecule has 0 spiro atoms. The summed E-state index contributed by atoms with van der Waals surface area (Å²) in [7, 11) is 0. The van der Waals surface area contributed by atoms with Gasteiger partial charge in [-0.05, 0) is 56.8 Å². The average molecular weight is 364 g/mol. The molecule has 0 bridgehead atoms. The van der Waals surface area contributed by atoms with E-state index < -0.39 is 0 Å². The van der Waals surface area contributed by atoms with Gasteiger partial charge in [-0.15, -0.1) is 0 Å². The van der Waals surface area contributed by atoms with Crippen molar-refractivity contribution in [3.63, 3.8) is 0 Å². The minimum Gasteiger partial charge on any atom is -0.398 e. The van der Waals surface area contributed by atoms with Gasteiger partial charge in [0.15, 0.2) is 0 Å². The number of benzene rings is 5. The summed E-state index contributed by atoms with van der Waals surface area (Å²) in [5.41, 5.74) is 10.8. The summed E-state index contributed by atoms with van der Waals surface area (Å²) in [6.45, 7) is 6.71. The van der Waals surface area contributed by atoms with Gasteiger partial charge in [-0.1, -0.05) is 69.3 Å². The molecule has 0 amide bonds. The lowest BCUT2D eigenvalue weighted by molar-refractivity contribution is 0.590. The molecule has 0 fully saturated rings. The second-order valence-electron chi connectivity index (χ2n) is 8.64. The van der Waals surface area contributed by atoms with E-state index in [2.05, 4.69) is 92.8 Å². The van der Waals surface area contributed by atoms with Crippen molar-refractivity contribution >= 4 is 49.4 Å². The van der Waals surface area contributed by atoms with Crippen molar-refractivity contribution < 1.29 is 0 Å². The smallest absolute Gasteiger partial charge is 0.0464 e. The molecule has 2 nitrogen and oxygen atoms in total. The van der Waals surface area contributed by atoms with Gasteiger partial charge < -0.3 is 11.1 Å². The third-order valence-electron chi connectivity index (χ3n) is 5.73. The van der Waals surface area contributed by atoms with Crippen LogP contribution in [0.3, 0.4) is 0 Å². The number of hydrogen-bond donors (Lipinski definition) is 2. The molecule has 0 radical (unpaired) electrons. The highest BCUT2D eigenvalue weighted by molar-refractivity contribution is 6.27. The number of rotatable bonds is 2. The molecule has 0 aromatic heterocycles. The van der Waals surface area contributed by atoms with Gasteiger partial charge >= 0.3 is 0 Å². The summed E-state index contributed by atoms with van der Waals surface area (Å²) < 4.78 is 0. The zero-order valence-corrected chi connectivity index (χ0v) is 16.5. The maximum Gasteiger partial charge on any atom is 0.0464 e. The summed E-state index contributed by atoms with van der Waals surface area (Å²) >= 11 is 0. The third kappa shape index (κ3) is 2.56. The van der Waals surface area contributed by atoms with Crippen LogP contribution in [0.4, 0.5) is 17.1 Å². The summed E-state index contributed by atoms with van der Waals surface area (Å²) in [5.74, 6) is 0. The molecule has 0 aliphatic heterocycles. The van der Waals surface area contributed by atoms with Crippen LogP contribution in [-0.4, -0.2) is 0 Å². The first-order valence-electron chi connectivity index (χ1n) is 9.75. The number of nitrogens with one attached hydrogen (secondary N) is 1. The van der Waals surface area contributed by atoms with Crippen molar-refractivity contribution in [2.45, 2.75) is 26.2 Å². The Kier molecular flexibility index (Phi) is 3.54. The fraction of sp³-hybridized carbons (Fsp3) is 0.154. The van der Waals surface area contributed by atoms with Gasteiger partial charge in [0.2, 0.25) is 0 Å². The highest BCUT2D eigenvalue weighted by atomic mass is 14.9. The lowest BCUT2D eigenvalue weighted by Crippen LogP contribution is -2.10. The number of anilines is 3. The quantitative estimate of drug-likeness (QED) is 0.256. The molecule has 0 aliphatic rings. The first-order chi connectivity index (χ1) is 13.4. The van der Waals surface area contributed by atoms with Crippen LogP contribution in [0.5, 0.6) is 0 Å². The van der Waals surface area contributed by atoms with Crippen molar-refractivity contribution in [2.75, 3.05) is 11.1 Å². The maximum atomic E-state index is 6.26. The van der Waals surface area contributed by atoms with E-state index in [1.54, 1.807) is 0 Å². The Morgan fingerprint density at radius 3 is 1.89 bits per heavy atom. The molecule has 5 aromatic carbocycles. The average Bonchev–Trinajstić information content (AvgIpc) is 2.68. The summed E-state index contributed by atoms with van der Waals surface area (Å²) in [6.07, 6.45) is 0. The van der Waals surface area contributed by atoms with Gasteiger partial charge in [-0.2, -0.15) is 0 Å². The van der Waals surface area contributed by atoms with Gasteiger partial charge in [0, 0.05) is 27.8 Å². The fourth-order valence-corrected chi connectivity index (χ4v) is 4.14. The van der Waals surface area contributed by atoms with Crippen LogP contribution in [0.25, 0.3) is 32.3 Å². The Morgan fingerprint density at radius 1 is 0.643 bits per heavy atom. The normalized spacial score (nSPS) is 12.2. The van der Waals surface area contributed by atoms with Crippen LogP contribution in [0.1, 0.15) is 26.3 Å². The minimum atomic E-state index is 0.158. The molecule has 0 atom stereocenters. The fourth-order valence-electron chi connectivity index (χ4n) is 4.14. The maximum absolute atomic E-state index is 6.26. The van der Waals surface area contributed by atoms with Crippen LogP contribution in [0.15, 0.2) is 72.8 Å². The van der Waals surface area contributed by atoms with Crippen molar-refractivity contribution in [2.24, 2.45) is 0 Å². The molecule has 0 saturated carbocycles. The Labute approximate surface area is 165 Å². The molecule has 5 aromatic rings. The molecule has 3 N–H and O–H groups in total. The van der Waals surface area contributed by atoms with E-state index in [9.17, 15) is 0 Å². The van der Waals surface area contributed by atoms with E-state index in [0.29, 0.717) is 0 Å². The SMILES string of the molecule is CC(C)(C)c1ccc(Nc2ccc3ccc4c(N)ccc5ccc2c3c54)cc1. The van der Waals surface area contributed by atoms with Gasteiger partial charge in [0.25, 0.3) is 0 Å². The molecule has 2 heteroatoms. The van der Waals surface area contributed by atoms with Crippen LogP contribution in [0, 0.1) is 0 Å². The van der Waals surface area contributed by atoms with Crippen molar-refractivity contribution in [1.29, 1.82) is 0 Å². The molecule has 0 unspecified atom stereocenters. The molecule has 0 heterocycles. The lowest BCUT2D eigenvalue weighted by atomic mass is 9.87. The molecular weight excluding hydrogens is 340 g/mol. The first kappa shape index (κ1) is 16.9. The predicted molar refractivity (Wildman–Crippen MR) is 123 cm³/mol. The number of nitrogens with two attached hydrogens (primary N) is 1. The molecular formula is C26H24N2. The Morgan fingerprint density at radius 2 is 1.21 bits per heavy atom. The van der Waals surface area contributed by atoms with Crippen LogP contribution in [0.2, 0.25) is 0 Å². The van der Waals surface area contributed by atoms with Crippen molar-refractivity contribution in [3.05, 3.63) is 78.4 Å². The van der Waals surface area contributed by atoms with E-state index in [1.807, 2.05) is 6.07 Å². The lowest BCUT2D eigenvalue weighted by Gasteiger charge is -2.20. The molecule has 5 rings (SSSR count). The van der Waals surface area contributed by atoms with Gasteiger partial charge in [0.05, 0.1) is 0 Å². The molecule has 28 heavy (non-hydrogen) atoms. The monoisotopic (exact) mass is 364 g/mol. The van der Waals surface area contributed by atoms with Crippen LogP contribution in [-0.2, 0) is 5.41 Å². The zero-order chi connectivity index (χ0) is 19.5. The Hall–Kier alpha value is -3.26. The largest absolute Gasteiger partial charge is 0.398 e. The van der Waals surface area contributed by atoms with Gasteiger partial charge in [-0.3, -0.25) is 0 Å². The first-order valence-corrected chi connectivity index (χ1v) is 9.75. The summed E-state index contributed by atoms with van der Waals surface area (Å²) in [6, 6.07) is 25.9. The predicted octanol–water partition coefficient (Wildman–Crippen LogP) is 7.21. The Balaban J connectivity index is 1.67. The third-order valence-corrected chi connectivity index (χ3v) is 5.73.